The van der Waals surface area contributed by atoms with Crippen LogP contribution < -0.4 is 15.2 Å². The van der Waals surface area contributed by atoms with E-state index < -0.39 is 0 Å². The largest absolute Gasteiger partial charge is 0.490 e. The molecule has 0 radical (unpaired) electrons. The van der Waals surface area contributed by atoms with Crippen molar-refractivity contribution in [2.75, 3.05) is 13.2 Å². The van der Waals surface area contributed by atoms with Crippen molar-refractivity contribution in [1.29, 1.82) is 0 Å². The maximum Gasteiger partial charge on any atom is 0.162 e. The molecule has 3 nitrogen and oxygen atoms in total. The van der Waals surface area contributed by atoms with Gasteiger partial charge in [0, 0.05) is 10.5 Å². The molecule has 2 N–H and O–H groups in total. The van der Waals surface area contributed by atoms with Crippen molar-refractivity contribution in [1.82, 2.24) is 0 Å². The van der Waals surface area contributed by atoms with Crippen molar-refractivity contribution in [3.05, 3.63) is 22.2 Å². The van der Waals surface area contributed by atoms with Crippen LogP contribution in [0.2, 0.25) is 0 Å². The maximum atomic E-state index is 6.34. The lowest BCUT2D eigenvalue weighted by Gasteiger charge is -2.29. The molecule has 108 valence electrons. The molecule has 0 amide bonds. The summed E-state index contributed by atoms with van der Waals surface area (Å²) in [6.45, 7) is 11.5. The molecule has 0 aliphatic carbocycles. The van der Waals surface area contributed by atoms with E-state index in [4.69, 9.17) is 15.2 Å². The summed E-state index contributed by atoms with van der Waals surface area (Å²) < 4.78 is 12.2. The fourth-order valence-corrected chi connectivity index (χ4v) is 2.36. The number of ether oxygens (including phenoxy) is 2. The van der Waals surface area contributed by atoms with Gasteiger partial charge in [0.1, 0.15) is 0 Å². The Labute approximate surface area is 124 Å². The van der Waals surface area contributed by atoms with Crippen molar-refractivity contribution in [3.63, 3.8) is 0 Å². The van der Waals surface area contributed by atoms with Gasteiger partial charge in [-0.05, 0) is 37.0 Å². The van der Waals surface area contributed by atoms with E-state index in [0.29, 0.717) is 13.2 Å². The van der Waals surface area contributed by atoms with Gasteiger partial charge in [-0.3, -0.25) is 0 Å². The van der Waals surface area contributed by atoms with Crippen LogP contribution in [0.25, 0.3) is 0 Å². The fraction of sp³-hybridized carbons (Fsp3) is 0.600. The van der Waals surface area contributed by atoms with Gasteiger partial charge in [0.15, 0.2) is 11.5 Å². The van der Waals surface area contributed by atoms with Gasteiger partial charge in [-0.15, -0.1) is 0 Å². The van der Waals surface area contributed by atoms with E-state index in [1.54, 1.807) is 0 Å². The van der Waals surface area contributed by atoms with Crippen molar-refractivity contribution >= 4 is 15.9 Å². The minimum Gasteiger partial charge on any atom is -0.490 e. The molecule has 1 rings (SSSR count). The monoisotopic (exact) mass is 329 g/mol. The smallest absolute Gasteiger partial charge is 0.162 e. The molecule has 0 saturated carbocycles. The highest BCUT2D eigenvalue weighted by Crippen LogP contribution is 2.40. The van der Waals surface area contributed by atoms with E-state index in [9.17, 15) is 0 Å². The van der Waals surface area contributed by atoms with Crippen molar-refractivity contribution < 1.29 is 9.47 Å². The van der Waals surface area contributed by atoms with Crippen LogP contribution in [0, 0.1) is 5.41 Å². The SMILES string of the molecule is CCOc1cc(Br)c(C(N)C(C)(C)C)cc1OCC. The summed E-state index contributed by atoms with van der Waals surface area (Å²) in [6, 6.07) is 3.85. The first-order valence-corrected chi connectivity index (χ1v) is 7.45. The molecule has 19 heavy (non-hydrogen) atoms. The lowest BCUT2D eigenvalue weighted by molar-refractivity contribution is 0.284. The number of halogens is 1. The van der Waals surface area contributed by atoms with Gasteiger partial charge in [-0.2, -0.15) is 0 Å². The highest BCUT2D eigenvalue weighted by molar-refractivity contribution is 9.10. The van der Waals surface area contributed by atoms with Gasteiger partial charge >= 0.3 is 0 Å². The van der Waals surface area contributed by atoms with Crippen molar-refractivity contribution in [3.8, 4) is 11.5 Å². The second-order valence-electron chi connectivity index (χ2n) is 5.53. The van der Waals surface area contributed by atoms with Crippen LogP contribution in [0.1, 0.15) is 46.2 Å². The quantitative estimate of drug-likeness (QED) is 0.876. The molecule has 4 heteroatoms. The summed E-state index contributed by atoms with van der Waals surface area (Å²) in [5.41, 5.74) is 7.36. The van der Waals surface area contributed by atoms with Gasteiger partial charge in [0.2, 0.25) is 0 Å². The molecule has 1 aromatic carbocycles. The molecule has 0 aliphatic rings. The number of rotatable bonds is 5. The molecule has 0 heterocycles. The molecular weight excluding hydrogens is 306 g/mol. The first kappa shape index (κ1) is 16.3. The molecule has 0 aromatic heterocycles. The number of hydrogen-bond donors (Lipinski definition) is 1. The summed E-state index contributed by atoms with van der Waals surface area (Å²) in [7, 11) is 0. The zero-order valence-corrected chi connectivity index (χ0v) is 14.0. The van der Waals surface area contributed by atoms with Crippen LogP contribution in [-0.2, 0) is 0 Å². The van der Waals surface area contributed by atoms with Crippen LogP contribution in [-0.4, -0.2) is 13.2 Å². The zero-order valence-electron chi connectivity index (χ0n) is 12.4. The highest BCUT2D eigenvalue weighted by atomic mass is 79.9. The second kappa shape index (κ2) is 6.62. The Bertz CT molecular complexity index is 427. The fourth-order valence-electron chi connectivity index (χ4n) is 1.79. The minimum atomic E-state index is -0.0724. The maximum absolute atomic E-state index is 6.34. The molecule has 1 atom stereocenters. The second-order valence-corrected chi connectivity index (χ2v) is 6.38. The summed E-state index contributed by atoms with van der Waals surface area (Å²) in [6.07, 6.45) is 0. The van der Waals surface area contributed by atoms with Crippen molar-refractivity contribution in [2.45, 2.75) is 40.7 Å². The van der Waals surface area contributed by atoms with E-state index in [1.807, 2.05) is 26.0 Å². The first-order valence-electron chi connectivity index (χ1n) is 6.65. The Hall–Kier alpha value is -0.740. The Morgan fingerprint density at radius 3 is 2.00 bits per heavy atom. The van der Waals surface area contributed by atoms with E-state index in [1.165, 1.54) is 0 Å². The number of hydrogen-bond acceptors (Lipinski definition) is 3. The predicted molar refractivity (Wildman–Crippen MR) is 82.9 cm³/mol. The highest BCUT2D eigenvalue weighted by Gasteiger charge is 2.25. The van der Waals surface area contributed by atoms with Crippen LogP contribution in [0.3, 0.4) is 0 Å². The Kier molecular flexibility index (Phi) is 5.68. The van der Waals surface area contributed by atoms with Crippen LogP contribution in [0.5, 0.6) is 11.5 Å². The van der Waals surface area contributed by atoms with E-state index in [-0.39, 0.29) is 11.5 Å². The van der Waals surface area contributed by atoms with Crippen LogP contribution in [0.15, 0.2) is 16.6 Å². The van der Waals surface area contributed by atoms with E-state index in [0.717, 1.165) is 21.5 Å². The van der Waals surface area contributed by atoms with Gasteiger partial charge < -0.3 is 15.2 Å². The third kappa shape index (κ3) is 4.11. The standard InChI is InChI=1S/C15H24BrNO2/c1-6-18-12-8-10(14(17)15(3,4)5)11(16)9-13(12)19-7-2/h8-9,14H,6-7,17H2,1-5H3. The minimum absolute atomic E-state index is 0.0147. The van der Waals surface area contributed by atoms with Gasteiger partial charge in [0.05, 0.1) is 13.2 Å². The molecule has 0 fully saturated rings. The average molecular weight is 330 g/mol. The molecule has 0 bridgehead atoms. The molecular formula is C15H24BrNO2. The summed E-state index contributed by atoms with van der Waals surface area (Å²) in [4.78, 5) is 0. The first-order chi connectivity index (χ1) is 8.81. The lowest BCUT2D eigenvalue weighted by Crippen LogP contribution is -2.26. The van der Waals surface area contributed by atoms with Gasteiger partial charge in [-0.1, -0.05) is 36.7 Å². The summed E-state index contributed by atoms with van der Waals surface area (Å²) in [5, 5.41) is 0. The third-order valence-electron chi connectivity index (χ3n) is 2.93. The molecule has 1 aromatic rings. The Morgan fingerprint density at radius 1 is 1.11 bits per heavy atom. The predicted octanol–water partition coefficient (Wildman–Crippen LogP) is 4.29. The molecule has 0 saturated heterocycles. The van der Waals surface area contributed by atoms with Gasteiger partial charge in [0.25, 0.3) is 0 Å². The summed E-state index contributed by atoms with van der Waals surface area (Å²) >= 11 is 3.58. The van der Waals surface area contributed by atoms with E-state index >= 15 is 0 Å². The Balaban J connectivity index is 3.23. The number of nitrogens with two attached hydrogens (primary N) is 1. The van der Waals surface area contributed by atoms with E-state index in [2.05, 4.69) is 36.7 Å². The normalized spacial score (nSPS) is 13.2. The third-order valence-corrected chi connectivity index (χ3v) is 3.62. The van der Waals surface area contributed by atoms with Crippen LogP contribution in [0.4, 0.5) is 0 Å². The number of benzene rings is 1. The molecule has 0 aliphatic heterocycles. The molecule has 1 unspecified atom stereocenters. The lowest BCUT2D eigenvalue weighted by atomic mass is 9.83. The van der Waals surface area contributed by atoms with Crippen LogP contribution >= 0.6 is 15.9 Å². The summed E-state index contributed by atoms with van der Waals surface area (Å²) in [5.74, 6) is 1.50. The zero-order chi connectivity index (χ0) is 14.6. The average Bonchev–Trinajstić information content (AvgIpc) is 2.31. The Morgan fingerprint density at radius 2 is 1.58 bits per heavy atom. The van der Waals surface area contributed by atoms with Crippen molar-refractivity contribution in [2.24, 2.45) is 11.1 Å². The van der Waals surface area contributed by atoms with Gasteiger partial charge in [-0.25, -0.2) is 0 Å². The molecule has 0 spiro atoms. The topological polar surface area (TPSA) is 44.5 Å².